The van der Waals surface area contributed by atoms with Crippen LogP contribution in [0.5, 0.6) is 0 Å². The zero-order chi connectivity index (χ0) is 39.7. The first-order valence-corrected chi connectivity index (χ1v) is 21.3. The maximum Gasteiger partial charge on any atom is 0.0541 e. The standard InChI is InChI=1S/C58H42N2/c1-2-38-24-30-43(31-25-38)59-53-22-12-10-16-45(53)51-36-41(28-34-55(51)59)42-29-35-56-52(37-42)46-17-11-13-23-54(46)60(56)44-32-26-40(27-33-44)58-49-20-8-6-18-47(49)57(39-14-4-3-5-15-39)48-19-7-9-21-50(48)58/h3-26,28-32,34-37H,2,27,33H2,1H3. The van der Waals surface area contributed by atoms with E-state index in [2.05, 4.69) is 216 Å². The zero-order valence-corrected chi connectivity index (χ0v) is 33.6. The summed E-state index contributed by atoms with van der Waals surface area (Å²) in [5, 5.41) is 10.4. The highest BCUT2D eigenvalue weighted by Crippen LogP contribution is 2.45. The van der Waals surface area contributed by atoms with Crippen LogP contribution in [0.25, 0.3) is 104 Å². The van der Waals surface area contributed by atoms with Crippen molar-refractivity contribution in [2.75, 3.05) is 0 Å². The van der Waals surface area contributed by atoms with E-state index >= 15 is 0 Å². The number of aryl methyl sites for hydroxylation is 1. The van der Waals surface area contributed by atoms with Gasteiger partial charge >= 0.3 is 0 Å². The molecule has 2 heterocycles. The molecule has 9 aromatic carbocycles. The van der Waals surface area contributed by atoms with Gasteiger partial charge in [-0.2, -0.15) is 0 Å². The summed E-state index contributed by atoms with van der Waals surface area (Å²) in [6, 6.07) is 69.7. The van der Waals surface area contributed by atoms with Crippen molar-refractivity contribution >= 4 is 76.4 Å². The van der Waals surface area contributed by atoms with Crippen LogP contribution in [0.2, 0.25) is 0 Å². The molecule has 0 spiro atoms. The lowest BCUT2D eigenvalue weighted by atomic mass is 9.83. The number of benzene rings is 9. The van der Waals surface area contributed by atoms with Crippen molar-refractivity contribution < 1.29 is 0 Å². The van der Waals surface area contributed by atoms with Crippen molar-refractivity contribution in [2.45, 2.75) is 26.2 Å². The van der Waals surface area contributed by atoms with E-state index in [-0.39, 0.29) is 0 Å². The molecular weight excluding hydrogens is 725 g/mol. The van der Waals surface area contributed by atoms with Crippen molar-refractivity contribution in [3.05, 3.63) is 211 Å². The Morgan fingerprint density at radius 1 is 0.367 bits per heavy atom. The fourth-order valence-electron chi connectivity index (χ4n) is 10.2. The number of hydrogen-bond donors (Lipinski definition) is 0. The average molecular weight is 767 g/mol. The predicted octanol–water partition coefficient (Wildman–Crippen LogP) is 15.8. The quantitative estimate of drug-likeness (QED) is 0.149. The molecule has 0 radical (unpaired) electrons. The molecule has 0 saturated heterocycles. The highest BCUT2D eigenvalue weighted by molar-refractivity contribution is 6.19. The first-order chi connectivity index (χ1) is 29.7. The van der Waals surface area contributed by atoms with Gasteiger partial charge in [0.2, 0.25) is 0 Å². The van der Waals surface area contributed by atoms with Gasteiger partial charge in [0, 0.05) is 32.9 Å². The Morgan fingerprint density at radius 3 is 1.40 bits per heavy atom. The Labute approximate surface area is 349 Å². The number of para-hydroxylation sites is 2. The van der Waals surface area contributed by atoms with Crippen molar-refractivity contribution in [3.8, 4) is 27.9 Å². The lowest BCUT2D eigenvalue weighted by molar-refractivity contribution is 0.994. The van der Waals surface area contributed by atoms with Crippen LogP contribution >= 0.6 is 0 Å². The number of allylic oxidation sites excluding steroid dienone is 4. The topological polar surface area (TPSA) is 9.86 Å². The largest absolute Gasteiger partial charge is 0.313 e. The van der Waals surface area contributed by atoms with E-state index in [4.69, 9.17) is 0 Å². The van der Waals surface area contributed by atoms with Gasteiger partial charge < -0.3 is 9.13 Å². The molecule has 0 bridgehead atoms. The van der Waals surface area contributed by atoms with Crippen molar-refractivity contribution in [2.24, 2.45) is 0 Å². The smallest absolute Gasteiger partial charge is 0.0541 e. The minimum Gasteiger partial charge on any atom is -0.313 e. The van der Waals surface area contributed by atoms with Gasteiger partial charge in [-0.25, -0.2) is 0 Å². The summed E-state index contributed by atoms with van der Waals surface area (Å²) < 4.78 is 4.92. The summed E-state index contributed by atoms with van der Waals surface area (Å²) in [5.41, 5.74) is 16.6. The summed E-state index contributed by atoms with van der Waals surface area (Å²) in [6.07, 6.45) is 7.73. The minimum atomic E-state index is 0.951. The van der Waals surface area contributed by atoms with E-state index < -0.39 is 0 Å². The van der Waals surface area contributed by atoms with Crippen molar-refractivity contribution in [1.82, 2.24) is 9.13 Å². The Hall–Kier alpha value is -7.42. The molecule has 1 aliphatic rings. The monoisotopic (exact) mass is 766 g/mol. The van der Waals surface area contributed by atoms with Crippen LogP contribution in [0, 0.1) is 0 Å². The molecule has 2 heteroatoms. The minimum absolute atomic E-state index is 0.951. The van der Waals surface area contributed by atoms with Crippen LogP contribution in [0.4, 0.5) is 0 Å². The number of rotatable bonds is 6. The van der Waals surface area contributed by atoms with Crippen LogP contribution in [0.3, 0.4) is 0 Å². The van der Waals surface area contributed by atoms with Gasteiger partial charge in [0.05, 0.1) is 22.1 Å². The predicted molar refractivity (Wildman–Crippen MR) is 257 cm³/mol. The summed E-state index contributed by atoms with van der Waals surface area (Å²) in [7, 11) is 0. The first kappa shape index (κ1) is 34.6. The molecule has 12 rings (SSSR count). The Morgan fingerprint density at radius 2 is 0.850 bits per heavy atom. The highest BCUT2D eigenvalue weighted by Gasteiger charge is 2.22. The Balaban J connectivity index is 0.975. The van der Waals surface area contributed by atoms with Gasteiger partial charge in [-0.15, -0.1) is 0 Å². The highest BCUT2D eigenvalue weighted by atomic mass is 15.0. The van der Waals surface area contributed by atoms with Crippen LogP contribution in [-0.4, -0.2) is 9.13 Å². The van der Waals surface area contributed by atoms with E-state index in [1.807, 2.05) is 0 Å². The molecule has 284 valence electrons. The van der Waals surface area contributed by atoms with E-state index in [9.17, 15) is 0 Å². The van der Waals surface area contributed by atoms with Crippen LogP contribution in [0.15, 0.2) is 200 Å². The van der Waals surface area contributed by atoms with E-state index in [1.165, 1.54) is 115 Å². The molecule has 60 heavy (non-hydrogen) atoms. The lowest BCUT2D eigenvalue weighted by Crippen LogP contribution is -2.02. The van der Waals surface area contributed by atoms with Gasteiger partial charge in [0.15, 0.2) is 0 Å². The number of aromatic nitrogens is 2. The Bertz CT molecular complexity index is 3500. The third-order valence-corrected chi connectivity index (χ3v) is 13.0. The summed E-state index contributed by atoms with van der Waals surface area (Å²) in [4.78, 5) is 0. The normalized spacial score (nSPS) is 13.2. The first-order valence-electron chi connectivity index (χ1n) is 21.3. The second-order valence-corrected chi connectivity index (χ2v) is 16.2. The molecule has 0 atom stereocenters. The lowest BCUT2D eigenvalue weighted by Gasteiger charge is -2.22. The van der Waals surface area contributed by atoms with Crippen molar-refractivity contribution in [3.63, 3.8) is 0 Å². The van der Waals surface area contributed by atoms with Crippen LogP contribution in [0.1, 0.15) is 30.9 Å². The third-order valence-electron chi connectivity index (χ3n) is 13.0. The summed E-state index contributed by atoms with van der Waals surface area (Å²) >= 11 is 0. The second-order valence-electron chi connectivity index (χ2n) is 16.2. The zero-order valence-electron chi connectivity index (χ0n) is 33.6. The molecule has 1 aliphatic carbocycles. The van der Waals surface area contributed by atoms with Gasteiger partial charge in [-0.05, 0) is 134 Å². The molecule has 11 aromatic rings. The molecular formula is C58H42N2. The second kappa shape index (κ2) is 13.9. The van der Waals surface area contributed by atoms with Crippen LogP contribution in [-0.2, 0) is 6.42 Å². The maximum atomic E-state index is 2.51. The van der Waals surface area contributed by atoms with Gasteiger partial charge in [0.1, 0.15) is 0 Å². The summed E-state index contributed by atoms with van der Waals surface area (Å²) in [6.45, 7) is 2.21. The van der Waals surface area contributed by atoms with Gasteiger partial charge in [0.25, 0.3) is 0 Å². The molecule has 0 amide bonds. The Kier molecular flexibility index (Phi) is 7.99. The SMILES string of the molecule is CCc1ccc(-n2c3ccccc3c3cc(-c4ccc5c(c4)c4ccccc4n5C4=CC=C(c5c6ccccc6c(-c6ccccc6)c6ccccc56)CC4)ccc32)cc1. The molecule has 0 aliphatic heterocycles. The van der Waals surface area contributed by atoms with Gasteiger partial charge in [-0.1, -0.05) is 153 Å². The molecule has 0 fully saturated rings. The number of fused-ring (bicyclic) bond motifs is 8. The van der Waals surface area contributed by atoms with E-state index in [0.717, 1.165) is 19.3 Å². The number of nitrogens with zero attached hydrogens (tertiary/aromatic N) is 2. The van der Waals surface area contributed by atoms with E-state index in [0.29, 0.717) is 0 Å². The fraction of sp³-hybridized carbons (Fsp3) is 0.0690. The maximum absolute atomic E-state index is 2.51. The van der Waals surface area contributed by atoms with Crippen molar-refractivity contribution in [1.29, 1.82) is 0 Å². The molecule has 2 nitrogen and oxygen atoms in total. The molecule has 0 unspecified atom stereocenters. The van der Waals surface area contributed by atoms with Gasteiger partial charge in [-0.3, -0.25) is 0 Å². The fourth-order valence-corrected chi connectivity index (χ4v) is 10.2. The third kappa shape index (κ3) is 5.34. The van der Waals surface area contributed by atoms with E-state index in [1.54, 1.807) is 0 Å². The molecule has 2 aromatic heterocycles. The molecule has 0 N–H and O–H groups in total. The average Bonchev–Trinajstić information content (AvgIpc) is 3.83. The van der Waals surface area contributed by atoms with Crippen LogP contribution < -0.4 is 0 Å². The summed E-state index contributed by atoms with van der Waals surface area (Å²) in [5.74, 6) is 0. The molecule has 0 saturated carbocycles. The number of hydrogen-bond acceptors (Lipinski definition) is 0.